The lowest BCUT2D eigenvalue weighted by atomic mass is 10.1. The summed E-state index contributed by atoms with van der Waals surface area (Å²) in [5, 5.41) is 13.9. The fourth-order valence-corrected chi connectivity index (χ4v) is 3.29. The molecule has 1 N–H and O–H groups in total. The molecule has 2 atom stereocenters. The van der Waals surface area contributed by atoms with Crippen LogP contribution in [0.4, 0.5) is 5.95 Å². The highest BCUT2D eigenvalue weighted by atomic mass is 32.2. The Labute approximate surface area is 118 Å². The van der Waals surface area contributed by atoms with Crippen LogP contribution < -0.4 is 4.90 Å². The van der Waals surface area contributed by atoms with Gasteiger partial charge in [0.1, 0.15) is 0 Å². The average Bonchev–Trinajstić information content (AvgIpc) is 2.96. The van der Waals surface area contributed by atoms with Gasteiger partial charge in [0.25, 0.3) is 5.95 Å². The van der Waals surface area contributed by atoms with Gasteiger partial charge in [-0.05, 0) is 5.16 Å². The summed E-state index contributed by atoms with van der Waals surface area (Å²) >= 11 is 0. The highest BCUT2D eigenvalue weighted by molar-refractivity contribution is 7.89. The van der Waals surface area contributed by atoms with E-state index in [-0.39, 0.29) is 11.7 Å². The lowest BCUT2D eigenvalue weighted by molar-refractivity contribution is 0.157. The summed E-state index contributed by atoms with van der Waals surface area (Å²) in [7, 11) is -0.363. The standard InChI is InChI=1S/C11H20N4O4S/c1-4-10-12-11(13-19-10)15-5-8(9(16)6-15)7-20(17,18)14(2)3/h8-9,16H,4-7H2,1-3H3/t8-,9-/m0/s1. The summed E-state index contributed by atoms with van der Waals surface area (Å²) in [6, 6.07) is 0. The van der Waals surface area contributed by atoms with E-state index in [2.05, 4.69) is 10.1 Å². The molecule has 0 spiro atoms. The molecular weight excluding hydrogens is 284 g/mol. The Bertz CT molecular complexity index is 557. The molecule has 1 saturated heterocycles. The Morgan fingerprint density at radius 3 is 2.70 bits per heavy atom. The summed E-state index contributed by atoms with van der Waals surface area (Å²) in [6.45, 7) is 2.62. The van der Waals surface area contributed by atoms with Gasteiger partial charge in [-0.1, -0.05) is 6.92 Å². The highest BCUT2D eigenvalue weighted by Crippen LogP contribution is 2.23. The molecule has 1 aromatic rings. The van der Waals surface area contributed by atoms with E-state index in [9.17, 15) is 13.5 Å². The molecule has 1 aromatic heterocycles. The van der Waals surface area contributed by atoms with Crippen molar-refractivity contribution in [1.82, 2.24) is 14.4 Å². The number of anilines is 1. The largest absolute Gasteiger partial charge is 0.391 e. The van der Waals surface area contributed by atoms with Crippen LogP contribution in [-0.2, 0) is 16.4 Å². The second-order valence-electron chi connectivity index (χ2n) is 5.14. The number of sulfonamides is 1. The van der Waals surface area contributed by atoms with Gasteiger partial charge in [-0.15, -0.1) is 0 Å². The molecule has 2 heterocycles. The lowest BCUT2D eigenvalue weighted by Crippen LogP contribution is -2.33. The maximum Gasteiger partial charge on any atom is 0.266 e. The van der Waals surface area contributed by atoms with Gasteiger partial charge in [0.15, 0.2) is 0 Å². The zero-order chi connectivity index (χ0) is 14.9. The van der Waals surface area contributed by atoms with Crippen LogP contribution in [0.15, 0.2) is 4.52 Å². The number of aromatic nitrogens is 2. The van der Waals surface area contributed by atoms with Crippen LogP contribution in [0.2, 0.25) is 0 Å². The quantitative estimate of drug-likeness (QED) is 0.769. The third-order valence-electron chi connectivity index (χ3n) is 3.43. The molecule has 1 fully saturated rings. The molecule has 0 amide bonds. The molecule has 9 heteroatoms. The Balaban J connectivity index is 2.05. The van der Waals surface area contributed by atoms with Crippen molar-refractivity contribution in [3.63, 3.8) is 0 Å². The molecule has 0 radical (unpaired) electrons. The van der Waals surface area contributed by atoms with E-state index in [1.54, 1.807) is 4.90 Å². The SMILES string of the molecule is CCc1nc(N2C[C@@H](CS(=O)(=O)N(C)C)[C@@H](O)C2)no1. The average molecular weight is 304 g/mol. The zero-order valence-electron chi connectivity index (χ0n) is 11.9. The smallest absolute Gasteiger partial charge is 0.266 e. The van der Waals surface area contributed by atoms with Crippen molar-refractivity contribution in [2.45, 2.75) is 19.4 Å². The second kappa shape index (κ2) is 5.66. The Morgan fingerprint density at radius 2 is 2.15 bits per heavy atom. The van der Waals surface area contributed by atoms with Crippen molar-refractivity contribution < 1.29 is 18.0 Å². The summed E-state index contributed by atoms with van der Waals surface area (Å²) < 4.78 is 29.9. The van der Waals surface area contributed by atoms with Crippen molar-refractivity contribution in [3.8, 4) is 0 Å². The molecule has 0 unspecified atom stereocenters. The first-order valence-corrected chi connectivity index (χ1v) is 8.10. The van der Waals surface area contributed by atoms with Crippen LogP contribution in [0.5, 0.6) is 0 Å². The van der Waals surface area contributed by atoms with Crippen LogP contribution in [0.25, 0.3) is 0 Å². The van der Waals surface area contributed by atoms with E-state index in [4.69, 9.17) is 4.52 Å². The minimum absolute atomic E-state index is 0.0871. The van der Waals surface area contributed by atoms with Crippen LogP contribution in [-0.4, -0.2) is 67.0 Å². The number of rotatable bonds is 5. The van der Waals surface area contributed by atoms with Crippen LogP contribution in [0.1, 0.15) is 12.8 Å². The molecule has 114 valence electrons. The Kier molecular flexibility index (Phi) is 4.31. The number of hydrogen-bond acceptors (Lipinski definition) is 7. The predicted octanol–water partition coefficient (Wildman–Crippen LogP) is -0.679. The second-order valence-corrected chi connectivity index (χ2v) is 7.36. The fraction of sp³-hybridized carbons (Fsp3) is 0.818. The molecule has 0 aliphatic carbocycles. The first-order valence-electron chi connectivity index (χ1n) is 6.49. The predicted molar refractivity (Wildman–Crippen MR) is 72.9 cm³/mol. The molecule has 20 heavy (non-hydrogen) atoms. The van der Waals surface area contributed by atoms with Gasteiger partial charge in [0.2, 0.25) is 15.9 Å². The summed E-state index contributed by atoms with van der Waals surface area (Å²) in [6.07, 6.45) is -0.0738. The first-order chi connectivity index (χ1) is 9.33. The van der Waals surface area contributed by atoms with Gasteiger partial charge in [-0.2, -0.15) is 4.98 Å². The topological polar surface area (TPSA) is 99.8 Å². The normalized spacial score (nSPS) is 23.8. The van der Waals surface area contributed by atoms with Gasteiger partial charge in [0, 0.05) is 39.5 Å². The van der Waals surface area contributed by atoms with Gasteiger partial charge < -0.3 is 14.5 Å². The summed E-state index contributed by atoms with van der Waals surface area (Å²) in [5.41, 5.74) is 0. The third-order valence-corrected chi connectivity index (χ3v) is 5.39. The molecule has 0 saturated carbocycles. The van der Waals surface area contributed by atoms with E-state index < -0.39 is 16.1 Å². The summed E-state index contributed by atoms with van der Waals surface area (Å²) in [4.78, 5) is 5.94. The van der Waals surface area contributed by atoms with Gasteiger partial charge in [0.05, 0.1) is 11.9 Å². The van der Waals surface area contributed by atoms with Crippen molar-refractivity contribution >= 4 is 16.0 Å². The van der Waals surface area contributed by atoms with Gasteiger partial charge >= 0.3 is 0 Å². The van der Waals surface area contributed by atoms with E-state index in [0.29, 0.717) is 31.3 Å². The molecule has 2 rings (SSSR count). The van der Waals surface area contributed by atoms with Crippen LogP contribution >= 0.6 is 0 Å². The van der Waals surface area contributed by atoms with Crippen molar-refractivity contribution in [2.75, 3.05) is 37.8 Å². The number of aliphatic hydroxyl groups excluding tert-OH is 1. The number of hydrogen-bond donors (Lipinski definition) is 1. The number of aryl methyl sites for hydroxylation is 1. The van der Waals surface area contributed by atoms with E-state index in [1.165, 1.54) is 18.4 Å². The molecule has 0 bridgehead atoms. The molecule has 0 aromatic carbocycles. The molecular formula is C11H20N4O4S. The maximum absolute atomic E-state index is 11.9. The van der Waals surface area contributed by atoms with Gasteiger partial charge in [-0.25, -0.2) is 12.7 Å². The van der Waals surface area contributed by atoms with Gasteiger partial charge in [-0.3, -0.25) is 0 Å². The highest BCUT2D eigenvalue weighted by Gasteiger charge is 2.36. The summed E-state index contributed by atoms with van der Waals surface area (Å²) in [5.74, 6) is 0.492. The Morgan fingerprint density at radius 1 is 1.45 bits per heavy atom. The minimum atomic E-state index is -3.34. The lowest BCUT2D eigenvalue weighted by Gasteiger charge is -2.17. The Hall–Kier alpha value is -1.19. The van der Waals surface area contributed by atoms with Crippen LogP contribution in [0, 0.1) is 5.92 Å². The van der Waals surface area contributed by atoms with Crippen molar-refractivity contribution in [3.05, 3.63) is 5.89 Å². The maximum atomic E-state index is 11.9. The first kappa shape index (κ1) is 15.2. The molecule has 8 nitrogen and oxygen atoms in total. The fourth-order valence-electron chi connectivity index (χ4n) is 2.12. The number of aliphatic hydroxyl groups is 1. The van der Waals surface area contributed by atoms with E-state index in [0.717, 1.165) is 0 Å². The number of nitrogens with zero attached hydrogens (tertiary/aromatic N) is 4. The van der Waals surface area contributed by atoms with Crippen LogP contribution in [0.3, 0.4) is 0 Å². The van der Waals surface area contributed by atoms with Crippen molar-refractivity contribution in [1.29, 1.82) is 0 Å². The minimum Gasteiger partial charge on any atom is -0.391 e. The number of β-amino-alcohol motifs (C(OH)–C–C–N with tert-alkyl or cyclic N) is 1. The monoisotopic (exact) mass is 304 g/mol. The van der Waals surface area contributed by atoms with E-state index >= 15 is 0 Å². The molecule has 1 aliphatic heterocycles. The zero-order valence-corrected chi connectivity index (χ0v) is 12.7. The third kappa shape index (κ3) is 3.10. The van der Waals surface area contributed by atoms with E-state index in [1.807, 2.05) is 6.92 Å². The molecule has 1 aliphatic rings. The van der Waals surface area contributed by atoms with Crippen molar-refractivity contribution in [2.24, 2.45) is 5.92 Å².